The highest BCUT2D eigenvalue weighted by molar-refractivity contribution is 5.69. The van der Waals surface area contributed by atoms with Crippen LogP contribution in [0.1, 0.15) is 41.6 Å². The third-order valence-corrected chi connectivity index (χ3v) is 3.14. The number of nitrogens with two attached hydrogens (primary N) is 1. The number of aliphatic carboxylic acids is 1. The molecule has 1 aromatic carbocycles. The van der Waals surface area contributed by atoms with Gasteiger partial charge in [0.1, 0.15) is 0 Å². The van der Waals surface area contributed by atoms with Crippen LogP contribution in [0.15, 0.2) is 12.1 Å². The number of rotatable bonds is 4. The topological polar surface area (TPSA) is 63.3 Å². The molecule has 17 heavy (non-hydrogen) atoms. The number of carbonyl (C=O) groups is 1. The quantitative estimate of drug-likeness (QED) is 0.843. The number of carboxylic acid groups (broad SMARTS) is 1. The van der Waals surface area contributed by atoms with Crippen LogP contribution in [0, 0.1) is 26.7 Å². The van der Waals surface area contributed by atoms with Crippen LogP contribution in [-0.4, -0.2) is 11.1 Å². The Labute approximate surface area is 103 Å². The maximum atomic E-state index is 10.8. The van der Waals surface area contributed by atoms with Crippen molar-refractivity contribution >= 4 is 5.97 Å². The van der Waals surface area contributed by atoms with Gasteiger partial charge in [0.05, 0.1) is 5.92 Å². The molecule has 1 aromatic rings. The molecule has 0 aliphatic heterocycles. The highest BCUT2D eigenvalue weighted by Gasteiger charge is 2.19. The fraction of sp³-hybridized carbons (Fsp3) is 0.500. The zero-order valence-electron chi connectivity index (χ0n) is 10.9. The molecule has 1 rings (SSSR count). The Morgan fingerprint density at radius 1 is 1.29 bits per heavy atom. The Hall–Kier alpha value is -1.35. The van der Waals surface area contributed by atoms with Crippen molar-refractivity contribution in [3.63, 3.8) is 0 Å². The predicted octanol–water partition coefficient (Wildman–Crippen LogP) is 2.72. The second kappa shape index (κ2) is 5.32. The van der Waals surface area contributed by atoms with Crippen molar-refractivity contribution in [2.75, 3.05) is 0 Å². The lowest BCUT2D eigenvalue weighted by Crippen LogP contribution is -2.20. The molecule has 3 nitrogen and oxygen atoms in total. The van der Waals surface area contributed by atoms with Crippen LogP contribution in [0.4, 0.5) is 0 Å². The molecule has 2 unspecified atom stereocenters. The predicted molar refractivity (Wildman–Crippen MR) is 69.0 cm³/mol. The summed E-state index contributed by atoms with van der Waals surface area (Å²) in [7, 11) is 0. The average molecular weight is 235 g/mol. The molecule has 3 heteroatoms. The first kappa shape index (κ1) is 13.7. The fourth-order valence-corrected chi connectivity index (χ4v) is 2.38. The summed E-state index contributed by atoms with van der Waals surface area (Å²) in [5.41, 5.74) is 10.7. The minimum atomic E-state index is -0.789. The van der Waals surface area contributed by atoms with Crippen molar-refractivity contribution in [3.05, 3.63) is 34.4 Å². The van der Waals surface area contributed by atoms with Crippen molar-refractivity contribution in [2.24, 2.45) is 11.7 Å². The van der Waals surface area contributed by atoms with E-state index in [1.807, 2.05) is 13.8 Å². The summed E-state index contributed by atoms with van der Waals surface area (Å²) < 4.78 is 0. The molecule has 0 aliphatic rings. The van der Waals surface area contributed by atoms with Crippen molar-refractivity contribution in [1.29, 1.82) is 0 Å². The van der Waals surface area contributed by atoms with E-state index >= 15 is 0 Å². The first-order valence-corrected chi connectivity index (χ1v) is 5.89. The van der Waals surface area contributed by atoms with Crippen LogP contribution >= 0.6 is 0 Å². The Kier molecular flexibility index (Phi) is 4.29. The Bertz CT molecular complexity index is 403. The van der Waals surface area contributed by atoms with E-state index < -0.39 is 11.9 Å². The third-order valence-electron chi connectivity index (χ3n) is 3.14. The molecular formula is C14H21NO2. The molecule has 0 fully saturated rings. The average Bonchev–Trinajstić information content (AvgIpc) is 2.15. The van der Waals surface area contributed by atoms with E-state index in [9.17, 15) is 4.79 Å². The van der Waals surface area contributed by atoms with Gasteiger partial charge in [0, 0.05) is 6.04 Å². The molecule has 0 radical (unpaired) electrons. The zero-order chi connectivity index (χ0) is 13.2. The van der Waals surface area contributed by atoms with E-state index in [-0.39, 0.29) is 6.04 Å². The summed E-state index contributed by atoms with van der Waals surface area (Å²) in [6.07, 6.45) is 0.472. The minimum Gasteiger partial charge on any atom is -0.481 e. The highest BCUT2D eigenvalue weighted by atomic mass is 16.4. The van der Waals surface area contributed by atoms with Crippen LogP contribution in [-0.2, 0) is 4.79 Å². The summed E-state index contributed by atoms with van der Waals surface area (Å²) in [4.78, 5) is 10.8. The van der Waals surface area contributed by atoms with Crippen molar-refractivity contribution in [3.8, 4) is 0 Å². The number of benzene rings is 1. The van der Waals surface area contributed by atoms with Gasteiger partial charge in [-0.3, -0.25) is 4.79 Å². The molecule has 0 amide bonds. The third kappa shape index (κ3) is 3.30. The van der Waals surface area contributed by atoms with Crippen molar-refractivity contribution in [1.82, 2.24) is 0 Å². The molecule has 94 valence electrons. The molecule has 0 saturated carbocycles. The van der Waals surface area contributed by atoms with Gasteiger partial charge in [0.15, 0.2) is 0 Å². The summed E-state index contributed by atoms with van der Waals surface area (Å²) in [6.45, 7) is 7.80. The highest BCUT2D eigenvalue weighted by Crippen LogP contribution is 2.26. The van der Waals surface area contributed by atoms with E-state index in [0.717, 1.165) is 16.7 Å². The fourth-order valence-electron chi connectivity index (χ4n) is 2.38. The SMILES string of the molecule is Cc1cc(C)c(C(N)CC(C)C(=O)O)c(C)c1. The summed E-state index contributed by atoms with van der Waals surface area (Å²) in [5, 5.41) is 8.90. The number of carboxylic acids is 1. The monoisotopic (exact) mass is 235 g/mol. The van der Waals surface area contributed by atoms with E-state index in [2.05, 4.69) is 19.1 Å². The summed E-state index contributed by atoms with van der Waals surface area (Å²) in [5.74, 6) is -1.20. The zero-order valence-corrected chi connectivity index (χ0v) is 10.9. The van der Waals surface area contributed by atoms with Gasteiger partial charge in [-0.05, 0) is 43.9 Å². The molecule has 0 aromatic heterocycles. The molecule has 3 N–H and O–H groups in total. The lowest BCUT2D eigenvalue weighted by molar-refractivity contribution is -0.141. The Morgan fingerprint density at radius 3 is 2.18 bits per heavy atom. The minimum absolute atomic E-state index is 0.207. The van der Waals surface area contributed by atoms with E-state index in [4.69, 9.17) is 10.8 Å². The van der Waals surface area contributed by atoms with Gasteiger partial charge in [0.25, 0.3) is 0 Å². The maximum absolute atomic E-state index is 10.8. The van der Waals surface area contributed by atoms with Crippen LogP contribution in [0.2, 0.25) is 0 Å². The first-order chi connectivity index (χ1) is 7.82. The molecule has 0 heterocycles. The van der Waals surface area contributed by atoms with Crippen LogP contribution in [0.25, 0.3) is 0 Å². The standard InChI is InChI=1S/C14H21NO2/c1-8-5-9(2)13(10(3)6-8)12(15)7-11(4)14(16)17/h5-6,11-12H,7,15H2,1-4H3,(H,16,17). The molecular weight excluding hydrogens is 214 g/mol. The van der Waals surface area contributed by atoms with E-state index in [1.165, 1.54) is 5.56 Å². The van der Waals surface area contributed by atoms with Gasteiger partial charge in [-0.25, -0.2) is 0 Å². The van der Waals surface area contributed by atoms with Gasteiger partial charge < -0.3 is 10.8 Å². The Balaban J connectivity index is 2.96. The normalized spacial score (nSPS) is 14.4. The van der Waals surface area contributed by atoms with Gasteiger partial charge in [-0.2, -0.15) is 0 Å². The number of aryl methyl sites for hydroxylation is 3. The van der Waals surface area contributed by atoms with Crippen molar-refractivity contribution in [2.45, 2.75) is 40.2 Å². The summed E-state index contributed by atoms with van der Waals surface area (Å²) in [6, 6.07) is 3.98. The van der Waals surface area contributed by atoms with Crippen LogP contribution in [0.5, 0.6) is 0 Å². The smallest absolute Gasteiger partial charge is 0.306 e. The molecule has 0 spiro atoms. The second-order valence-electron chi connectivity index (χ2n) is 4.89. The Morgan fingerprint density at radius 2 is 1.76 bits per heavy atom. The first-order valence-electron chi connectivity index (χ1n) is 5.89. The lowest BCUT2D eigenvalue weighted by Gasteiger charge is -2.20. The van der Waals surface area contributed by atoms with Crippen LogP contribution in [0.3, 0.4) is 0 Å². The lowest BCUT2D eigenvalue weighted by atomic mass is 9.89. The number of hydrogen-bond donors (Lipinski definition) is 2. The van der Waals surface area contributed by atoms with E-state index in [0.29, 0.717) is 6.42 Å². The van der Waals surface area contributed by atoms with Gasteiger partial charge in [-0.15, -0.1) is 0 Å². The van der Waals surface area contributed by atoms with Crippen LogP contribution < -0.4 is 5.73 Å². The molecule has 2 atom stereocenters. The van der Waals surface area contributed by atoms with Gasteiger partial charge in [0.2, 0.25) is 0 Å². The van der Waals surface area contributed by atoms with Crippen molar-refractivity contribution < 1.29 is 9.90 Å². The molecule has 0 saturated heterocycles. The van der Waals surface area contributed by atoms with Gasteiger partial charge in [-0.1, -0.05) is 24.6 Å². The van der Waals surface area contributed by atoms with Gasteiger partial charge >= 0.3 is 5.97 Å². The van der Waals surface area contributed by atoms with E-state index in [1.54, 1.807) is 6.92 Å². The molecule has 0 bridgehead atoms. The molecule has 0 aliphatic carbocycles. The number of hydrogen-bond acceptors (Lipinski definition) is 2. The maximum Gasteiger partial charge on any atom is 0.306 e. The second-order valence-corrected chi connectivity index (χ2v) is 4.89. The largest absolute Gasteiger partial charge is 0.481 e. The summed E-state index contributed by atoms with van der Waals surface area (Å²) >= 11 is 0.